The van der Waals surface area contributed by atoms with Gasteiger partial charge in [0.2, 0.25) is 10.0 Å². The van der Waals surface area contributed by atoms with Gasteiger partial charge in [0, 0.05) is 49.7 Å². The molecule has 26 heavy (non-hydrogen) atoms. The minimum atomic E-state index is -3.54. The van der Waals surface area contributed by atoms with Gasteiger partial charge in [0.05, 0.1) is 10.6 Å². The summed E-state index contributed by atoms with van der Waals surface area (Å²) in [6, 6.07) is 6.04. The summed E-state index contributed by atoms with van der Waals surface area (Å²) in [6.07, 6.45) is 7.16. The second-order valence-corrected chi connectivity index (χ2v) is 8.35. The highest BCUT2D eigenvalue weighted by Gasteiger charge is 2.27. The average Bonchev–Trinajstić information content (AvgIpc) is 3.18. The Hall–Kier alpha value is -2.32. The van der Waals surface area contributed by atoms with Gasteiger partial charge in [-0.1, -0.05) is 6.07 Å². The molecule has 1 atom stereocenters. The van der Waals surface area contributed by atoms with Crippen molar-refractivity contribution in [2.45, 2.75) is 37.1 Å². The number of benzene rings is 1. The fourth-order valence-electron chi connectivity index (χ4n) is 2.98. The summed E-state index contributed by atoms with van der Waals surface area (Å²) in [5, 5.41) is 2.88. The van der Waals surface area contributed by atoms with Gasteiger partial charge in [-0.3, -0.25) is 14.8 Å². The van der Waals surface area contributed by atoms with Crippen LogP contribution >= 0.6 is 0 Å². The number of sulfonamides is 1. The third-order valence-electron chi connectivity index (χ3n) is 4.31. The molecule has 1 aromatic heterocycles. The maximum atomic E-state index is 12.7. The Morgan fingerprint density at radius 1 is 1.27 bits per heavy atom. The van der Waals surface area contributed by atoms with Crippen LogP contribution < -0.4 is 5.32 Å². The van der Waals surface area contributed by atoms with Crippen molar-refractivity contribution in [1.82, 2.24) is 19.6 Å². The predicted molar refractivity (Wildman–Crippen MR) is 97.1 cm³/mol. The summed E-state index contributed by atoms with van der Waals surface area (Å²) in [4.78, 5) is 20.8. The zero-order chi connectivity index (χ0) is 18.6. The van der Waals surface area contributed by atoms with Crippen molar-refractivity contribution in [3.05, 3.63) is 54.1 Å². The van der Waals surface area contributed by atoms with Crippen LogP contribution in [-0.2, 0) is 16.4 Å². The molecule has 1 aromatic carbocycles. The third-order valence-corrected chi connectivity index (χ3v) is 6.20. The molecule has 1 N–H and O–H groups in total. The summed E-state index contributed by atoms with van der Waals surface area (Å²) in [7, 11) is -3.54. The zero-order valence-corrected chi connectivity index (χ0v) is 15.4. The van der Waals surface area contributed by atoms with Gasteiger partial charge >= 0.3 is 0 Å². The molecule has 2 heterocycles. The number of rotatable bonds is 6. The van der Waals surface area contributed by atoms with Crippen LogP contribution in [0.4, 0.5) is 0 Å². The Balaban J connectivity index is 1.70. The van der Waals surface area contributed by atoms with Gasteiger partial charge < -0.3 is 5.32 Å². The van der Waals surface area contributed by atoms with Gasteiger partial charge in [0.1, 0.15) is 0 Å². The Bertz CT molecular complexity index is 865. The number of carbonyl (C=O) groups excluding carboxylic acids is 1. The number of hydrogen-bond acceptors (Lipinski definition) is 5. The van der Waals surface area contributed by atoms with Crippen LogP contribution in [0.5, 0.6) is 0 Å². The van der Waals surface area contributed by atoms with Crippen molar-refractivity contribution < 1.29 is 13.2 Å². The lowest BCUT2D eigenvalue weighted by molar-refractivity contribution is 0.0939. The summed E-state index contributed by atoms with van der Waals surface area (Å²) < 4.78 is 26.8. The molecule has 1 aliphatic rings. The fraction of sp³-hybridized carbons (Fsp3) is 0.389. The van der Waals surface area contributed by atoms with Gasteiger partial charge in [-0.2, -0.15) is 4.31 Å². The van der Waals surface area contributed by atoms with E-state index in [0.717, 1.165) is 18.5 Å². The highest BCUT2D eigenvalue weighted by Crippen LogP contribution is 2.21. The molecule has 0 spiro atoms. The molecule has 1 fully saturated rings. The minimum Gasteiger partial charge on any atom is -0.349 e. The zero-order valence-electron chi connectivity index (χ0n) is 14.6. The first kappa shape index (κ1) is 18.5. The second-order valence-electron chi connectivity index (χ2n) is 6.41. The first-order valence-electron chi connectivity index (χ1n) is 8.63. The van der Waals surface area contributed by atoms with Crippen molar-refractivity contribution in [3.8, 4) is 0 Å². The molecule has 138 valence electrons. The first-order valence-corrected chi connectivity index (χ1v) is 10.1. The molecule has 7 nitrogen and oxygen atoms in total. The van der Waals surface area contributed by atoms with Gasteiger partial charge in [0.25, 0.3) is 5.91 Å². The van der Waals surface area contributed by atoms with Crippen LogP contribution in [0, 0.1) is 0 Å². The van der Waals surface area contributed by atoms with E-state index in [-0.39, 0.29) is 16.8 Å². The van der Waals surface area contributed by atoms with E-state index in [1.165, 1.54) is 16.4 Å². The van der Waals surface area contributed by atoms with Crippen LogP contribution in [-0.4, -0.2) is 47.7 Å². The summed E-state index contributed by atoms with van der Waals surface area (Å²) in [5.41, 5.74) is 1.11. The quantitative estimate of drug-likeness (QED) is 0.829. The molecular weight excluding hydrogens is 352 g/mol. The topological polar surface area (TPSA) is 92.3 Å². The van der Waals surface area contributed by atoms with E-state index in [2.05, 4.69) is 15.3 Å². The highest BCUT2D eigenvalue weighted by molar-refractivity contribution is 7.89. The first-order chi connectivity index (χ1) is 12.5. The summed E-state index contributed by atoms with van der Waals surface area (Å²) in [6.45, 7) is 2.94. The molecule has 0 bridgehead atoms. The summed E-state index contributed by atoms with van der Waals surface area (Å²) in [5.74, 6) is -0.306. The molecule has 0 aliphatic carbocycles. The van der Waals surface area contributed by atoms with E-state index in [9.17, 15) is 13.2 Å². The van der Waals surface area contributed by atoms with Crippen molar-refractivity contribution in [1.29, 1.82) is 0 Å². The van der Waals surface area contributed by atoms with Crippen LogP contribution in [0.3, 0.4) is 0 Å². The number of hydrogen-bond donors (Lipinski definition) is 1. The molecule has 0 saturated carbocycles. The van der Waals surface area contributed by atoms with Crippen molar-refractivity contribution >= 4 is 15.9 Å². The lowest BCUT2D eigenvalue weighted by atomic mass is 10.1. The summed E-state index contributed by atoms with van der Waals surface area (Å²) >= 11 is 0. The third kappa shape index (κ3) is 4.25. The number of carbonyl (C=O) groups is 1. The van der Waals surface area contributed by atoms with Gasteiger partial charge in [-0.15, -0.1) is 0 Å². The second kappa shape index (κ2) is 7.92. The van der Waals surface area contributed by atoms with Crippen molar-refractivity contribution in [2.24, 2.45) is 0 Å². The van der Waals surface area contributed by atoms with Crippen LogP contribution in [0.25, 0.3) is 0 Å². The van der Waals surface area contributed by atoms with Crippen LogP contribution in [0.15, 0.2) is 47.8 Å². The Morgan fingerprint density at radius 3 is 2.73 bits per heavy atom. The molecule has 1 saturated heterocycles. The molecular formula is C18H22N4O3S. The van der Waals surface area contributed by atoms with Crippen molar-refractivity contribution in [3.63, 3.8) is 0 Å². The molecule has 1 amide bonds. The monoisotopic (exact) mass is 374 g/mol. The average molecular weight is 374 g/mol. The Labute approximate surface area is 153 Å². The highest BCUT2D eigenvalue weighted by atomic mass is 32.2. The maximum absolute atomic E-state index is 12.7. The fourth-order valence-corrected chi connectivity index (χ4v) is 4.55. The molecule has 1 aliphatic heterocycles. The van der Waals surface area contributed by atoms with E-state index in [1.807, 2.05) is 6.92 Å². The van der Waals surface area contributed by atoms with Gasteiger partial charge in [0.15, 0.2) is 0 Å². The predicted octanol–water partition coefficient (Wildman–Crippen LogP) is 1.62. The van der Waals surface area contributed by atoms with E-state index < -0.39 is 10.0 Å². The molecule has 8 heteroatoms. The van der Waals surface area contributed by atoms with E-state index in [4.69, 9.17) is 0 Å². The van der Waals surface area contributed by atoms with Crippen LogP contribution in [0.1, 0.15) is 35.8 Å². The number of nitrogens with one attached hydrogen (secondary N) is 1. The number of nitrogens with zero attached hydrogens (tertiary/aromatic N) is 3. The standard InChI is InChI=1S/C18H22N4O3S/c1-14(11-16-13-19-7-8-20-16)21-18(23)15-5-4-6-17(12-15)26(24,25)22-9-2-3-10-22/h4-8,12-14H,2-3,9-11H2,1H3,(H,21,23). The smallest absolute Gasteiger partial charge is 0.251 e. The van der Waals surface area contributed by atoms with Crippen molar-refractivity contribution in [2.75, 3.05) is 13.1 Å². The minimum absolute atomic E-state index is 0.155. The van der Waals surface area contributed by atoms with Gasteiger partial charge in [-0.25, -0.2) is 8.42 Å². The maximum Gasteiger partial charge on any atom is 0.251 e. The normalized spacial score (nSPS) is 16.3. The molecule has 1 unspecified atom stereocenters. The molecule has 0 radical (unpaired) electrons. The SMILES string of the molecule is CC(Cc1cnccn1)NC(=O)c1cccc(S(=O)(=O)N2CCCC2)c1. The number of amides is 1. The Morgan fingerprint density at radius 2 is 2.04 bits per heavy atom. The van der Waals surface area contributed by atoms with Gasteiger partial charge in [-0.05, 0) is 38.0 Å². The lowest BCUT2D eigenvalue weighted by Crippen LogP contribution is -2.34. The largest absolute Gasteiger partial charge is 0.349 e. The number of aromatic nitrogens is 2. The molecule has 3 rings (SSSR count). The van der Waals surface area contributed by atoms with E-state index in [1.54, 1.807) is 30.7 Å². The lowest BCUT2D eigenvalue weighted by Gasteiger charge is -2.17. The van der Waals surface area contributed by atoms with Crippen LogP contribution in [0.2, 0.25) is 0 Å². The molecule has 2 aromatic rings. The Kier molecular flexibility index (Phi) is 5.63. The van der Waals surface area contributed by atoms with E-state index in [0.29, 0.717) is 25.1 Å². The van der Waals surface area contributed by atoms with E-state index >= 15 is 0 Å².